The van der Waals surface area contributed by atoms with Gasteiger partial charge >= 0.3 is 0 Å². The zero-order valence-corrected chi connectivity index (χ0v) is 11.4. The van der Waals surface area contributed by atoms with Crippen LogP contribution in [-0.4, -0.2) is 12.6 Å². The minimum atomic E-state index is 0.716. The molecule has 2 aliphatic rings. The van der Waals surface area contributed by atoms with E-state index in [1.807, 2.05) is 11.3 Å². The van der Waals surface area contributed by atoms with Crippen molar-refractivity contribution in [3.8, 4) is 0 Å². The summed E-state index contributed by atoms with van der Waals surface area (Å²) < 4.78 is 0. The number of hydrogen-bond donors (Lipinski definition) is 1. The van der Waals surface area contributed by atoms with Crippen molar-refractivity contribution in [3.05, 3.63) is 22.4 Å². The molecule has 1 spiro atoms. The molecule has 1 atom stereocenters. The van der Waals surface area contributed by atoms with Gasteiger partial charge < -0.3 is 5.32 Å². The Kier molecular flexibility index (Phi) is 3.53. The van der Waals surface area contributed by atoms with E-state index in [1.165, 1.54) is 62.8 Å². The van der Waals surface area contributed by atoms with Crippen LogP contribution in [0.5, 0.6) is 0 Å². The maximum absolute atomic E-state index is 3.82. The zero-order valence-electron chi connectivity index (χ0n) is 10.6. The molecule has 1 N–H and O–H groups in total. The molecule has 0 saturated heterocycles. The monoisotopic (exact) mass is 249 g/mol. The van der Waals surface area contributed by atoms with Gasteiger partial charge in [0.25, 0.3) is 0 Å². The molecule has 0 aliphatic heterocycles. The maximum Gasteiger partial charge on any atom is 0.0124 e. The van der Waals surface area contributed by atoms with Gasteiger partial charge in [-0.25, -0.2) is 0 Å². The smallest absolute Gasteiger partial charge is 0.0124 e. The molecule has 2 saturated carbocycles. The SMILES string of the molecule is c1csc(CCNC2CCC23CCCCC3)c1. The summed E-state index contributed by atoms with van der Waals surface area (Å²) in [6, 6.07) is 5.25. The Morgan fingerprint density at radius 3 is 2.76 bits per heavy atom. The summed E-state index contributed by atoms with van der Waals surface area (Å²) in [5.74, 6) is 0. The third-order valence-corrected chi connectivity index (χ3v) is 5.80. The second-order valence-corrected chi connectivity index (χ2v) is 6.83. The average molecular weight is 249 g/mol. The molecule has 17 heavy (non-hydrogen) atoms. The number of thiophene rings is 1. The van der Waals surface area contributed by atoms with Gasteiger partial charge in [-0.15, -0.1) is 11.3 Å². The molecule has 1 aromatic heterocycles. The molecule has 3 rings (SSSR count). The van der Waals surface area contributed by atoms with E-state index < -0.39 is 0 Å². The fourth-order valence-corrected chi connectivity index (χ4v) is 4.40. The summed E-state index contributed by atoms with van der Waals surface area (Å²) in [6.45, 7) is 1.17. The molecular weight excluding hydrogens is 226 g/mol. The first-order chi connectivity index (χ1) is 8.39. The highest BCUT2D eigenvalue weighted by Crippen LogP contribution is 2.51. The number of rotatable bonds is 4. The maximum atomic E-state index is 3.82. The lowest BCUT2D eigenvalue weighted by atomic mass is 9.57. The standard InChI is InChI=1S/C15H23NS/c1-2-8-15(9-3-1)10-6-14(15)16-11-7-13-5-4-12-17-13/h4-5,12,14,16H,1-3,6-11H2. The van der Waals surface area contributed by atoms with Gasteiger partial charge in [-0.05, 0) is 49.0 Å². The molecule has 1 nitrogen and oxygen atoms in total. The molecular formula is C15H23NS. The minimum Gasteiger partial charge on any atom is -0.313 e. The molecule has 1 heterocycles. The first-order valence-electron chi connectivity index (χ1n) is 7.15. The van der Waals surface area contributed by atoms with Crippen molar-refractivity contribution in [2.45, 2.75) is 57.4 Å². The largest absolute Gasteiger partial charge is 0.313 e. The highest BCUT2D eigenvalue weighted by Gasteiger charge is 2.46. The van der Waals surface area contributed by atoms with Crippen molar-refractivity contribution in [1.82, 2.24) is 5.32 Å². The van der Waals surface area contributed by atoms with Gasteiger partial charge in [-0.1, -0.05) is 25.3 Å². The lowest BCUT2D eigenvalue weighted by Crippen LogP contribution is -2.54. The molecule has 1 unspecified atom stereocenters. The summed E-state index contributed by atoms with van der Waals surface area (Å²) in [5.41, 5.74) is 0.716. The van der Waals surface area contributed by atoms with Crippen molar-refractivity contribution < 1.29 is 0 Å². The normalized spacial score (nSPS) is 26.9. The van der Waals surface area contributed by atoms with Gasteiger partial charge in [0, 0.05) is 17.5 Å². The van der Waals surface area contributed by atoms with Gasteiger partial charge in [-0.3, -0.25) is 0 Å². The summed E-state index contributed by atoms with van der Waals surface area (Å²) in [5, 5.41) is 6.01. The van der Waals surface area contributed by atoms with Crippen molar-refractivity contribution in [1.29, 1.82) is 0 Å². The quantitative estimate of drug-likeness (QED) is 0.850. The van der Waals surface area contributed by atoms with Crippen LogP contribution in [0.3, 0.4) is 0 Å². The van der Waals surface area contributed by atoms with Crippen LogP contribution in [0.2, 0.25) is 0 Å². The van der Waals surface area contributed by atoms with Crippen LogP contribution in [0.4, 0.5) is 0 Å². The van der Waals surface area contributed by atoms with E-state index in [1.54, 1.807) is 0 Å². The molecule has 0 radical (unpaired) electrons. The highest BCUT2D eigenvalue weighted by molar-refractivity contribution is 7.09. The van der Waals surface area contributed by atoms with Crippen molar-refractivity contribution in [2.24, 2.45) is 5.41 Å². The predicted molar refractivity (Wildman–Crippen MR) is 74.6 cm³/mol. The molecule has 0 aromatic carbocycles. The van der Waals surface area contributed by atoms with Gasteiger partial charge in [-0.2, -0.15) is 0 Å². The van der Waals surface area contributed by atoms with E-state index in [2.05, 4.69) is 22.8 Å². The predicted octanol–water partition coefficient (Wildman–Crippen LogP) is 3.99. The van der Waals surface area contributed by atoms with E-state index in [0.717, 1.165) is 6.04 Å². The van der Waals surface area contributed by atoms with Gasteiger partial charge in [0.2, 0.25) is 0 Å². The van der Waals surface area contributed by atoms with Crippen LogP contribution in [0, 0.1) is 5.41 Å². The van der Waals surface area contributed by atoms with E-state index in [4.69, 9.17) is 0 Å². The average Bonchev–Trinajstić information content (AvgIpc) is 2.87. The summed E-state index contributed by atoms with van der Waals surface area (Å²) in [4.78, 5) is 1.52. The van der Waals surface area contributed by atoms with Crippen LogP contribution in [0.25, 0.3) is 0 Å². The second kappa shape index (κ2) is 5.11. The van der Waals surface area contributed by atoms with Crippen molar-refractivity contribution in [3.63, 3.8) is 0 Å². The third-order valence-electron chi connectivity index (χ3n) is 4.86. The third kappa shape index (κ3) is 2.43. The van der Waals surface area contributed by atoms with E-state index in [0.29, 0.717) is 5.41 Å². The molecule has 2 aliphatic carbocycles. The van der Waals surface area contributed by atoms with Gasteiger partial charge in [0.15, 0.2) is 0 Å². The number of hydrogen-bond acceptors (Lipinski definition) is 2. The van der Waals surface area contributed by atoms with Crippen LogP contribution in [0.15, 0.2) is 17.5 Å². The fourth-order valence-electron chi connectivity index (χ4n) is 3.69. The molecule has 2 heteroatoms. The van der Waals surface area contributed by atoms with Gasteiger partial charge in [0.1, 0.15) is 0 Å². The molecule has 0 bridgehead atoms. The topological polar surface area (TPSA) is 12.0 Å². The molecule has 2 fully saturated rings. The molecule has 0 amide bonds. The fraction of sp³-hybridized carbons (Fsp3) is 0.733. The van der Waals surface area contributed by atoms with Crippen LogP contribution in [0.1, 0.15) is 49.8 Å². The van der Waals surface area contributed by atoms with Crippen molar-refractivity contribution in [2.75, 3.05) is 6.54 Å². The first kappa shape index (κ1) is 11.7. The lowest BCUT2D eigenvalue weighted by Gasteiger charge is -2.52. The van der Waals surface area contributed by atoms with Gasteiger partial charge in [0.05, 0.1) is 0 Å². The minimum absolute atomic E-state index is 0.716. The second-order valence-electron chi connectivity index (χ2n) is 5.80. The molecule has 94 valence electrons. The highest BCUT2D eigenvalue weighted by atomic mass is 32.1. The Bertz CT molecular complexity index is 338. The Labute approximate surface area is 109 Å². The summed E-state index contributed by atoms with van der Waals surface area (Å²) >= 11 is 1.89. The van der Waals surface area contributed by atoms with E-state index in [-0.39, 0.29) is 0 Å². The lowest BCUT2D eigenvalue weighted by molar-refractivity contribution is 0.0236. The Morgan fingerprint density at radius 1 is 1.24 bits per heavy atom. The van der Waals surface area contributed by atoms with E-state index in [9.17, 15) is 0 Å². The first-order valence-corrected chi connectivity index (χ1v) is 8.03. The Balaban J connectivity index is 1.46. The Morgan fingerprint density at radius 2 is 2.12 bits per heavy atom. The van der Waals surface area contributed by atoms with Crippen LogP contribution in [-0.2, 0) is 6.42 Å². The zero-order chi connectivity index (χ0) is 11.6. The van der Waals surface area contributed by atoms with Crippen LogP contribution >= 0.6 is 11.3 Å². The van der Waals surface area contributed by atoms with Crippen LogP contribution < -0.4 is 5.32 Å². The Hall–Kier alpha value is -0.340. The summed E-state index contributed by atoms with van der Waals surface area (Å²) in [6.07, 6.45) is 11.5. The summed E-state index contributed by atoms with van der Waals surface area (Å²) in [7, 11) is 0. The van der Waals surface area contributed by atoms with Crippen molar-refractivity contribution >= 4 is 11.3 Å². The number of nitrogens with one attached hydrogen (secondary N) is 1. The molecule has 1 aromatic rings. The van der Waals surface area contributed by atoms with E-state index >= 15 is 0 Å².